The van der Waals surface area contributed by atoms with Crippen LogP contribution in [0.2, 0.25) is 0 Å². The summed E-state index contributed by atoms with van der Waals surface area (Å²) >= 11 is 0. The first-order valence-corrected chi connectivity index (χ1v) is 12.9. The average molecular weight is 474 g/mol. The monoisotopic (exact) mass is 473 g/mol. The van der Waals surface area contributed by atoms with Crippen molar-refractivity contribution in [1.29, 1.82) is 0 Å². The molecule has 190 valence electrons. The van der Waals surface area contributed by atoms with E-state index in [4.69, 9.17) is 9.84 Å². The van der Waals surface area contributed by atoms with Crippen LogP contribution in [-0.4, -0.2) is 79.8 Å². The normalized spacial score (nSPS) is 38.2. The highest BCUT2D eigenvalue weighted by Crippen LogP contribution is 2.33. The number of aliphatic carboxylic acids is 1. The third kappa shape index (κ3) is 7.56. The number of nitrogens with zero attached hydrogens (tertiary/aromatic N) is 1. The van der Waals surface area contributed by atoms with Crippen LogP contribution >= 0.6 is 0 Å². The number of carboxylic acids is 1. The molecular formula is C24H41F2N3O4. The van der Waals surface area contributed by atoms with Gasteiger partial charge in [-0.2, -0.15) is 8.78 Å². The Morgan fingerprint density at radius 1 is 1.00 bits per heavy atom. The molecule has 0 amide bonds. The maximum atomic E-state index is 12.3. The molecule has 2 heterocycles. The Bertz CT molecular complexity index is 613. The quantitative estimate of drug-likeness (QED) is 0.475. The van der Waals surface area contributed by atoms with Crippen molar-refractivity contribution >= 4 is 5.97 Å². The van der Waals surface area contributed by atoms with Gasteiger partial charge in [0.1, 0.15) is 0 Å². The van der Waals surface area contributed by atoms with Crippen molar-refractivity contribution in [2.45, 2.75) is 95.2 Å². The van der Waals surface area contributed by atoms with E-state index in [-0.39, 0.29) is 12.5 Å². The molecule has 0 aromatic rings. The number of halogens is 2. The highest BCUT2D eigenvalue weighted by atomic mass is 19.3. The van der Waals surface area contributed by atoms with Crippen LogP contribution in [0.5, 0.6) is 0 Å². The number of carbonyl (C=O) groups is 1. The van der Waals surface area contributed by atoms with E-state index in [1.54, 1.807) is 0 Å². The van der Waals surface area contributed by atoms with Crippen LogP contribution < -0.4 is 10.6 Å². The van der Waals surface area contributed by atoms with Crippen molar-refractivity contribution in [3.8, 4) is 0 Å². The molecule has 2 aliphatic heterocycles. The lowest BCUT2D eigenvalue weighted by Crippen LogP contribution is -2.65. The standard InChI is InChI=1S/C24H41F2N3O4/c25-24(26)33-20-5-1-16(2-6-20)15-32-19-7-3-17(4-8-19)23-27-13-18-14-29(12-10-22(30)31)11-9-21(18)28-23/h16-21,23-24,27-28H,1-15H2,(H,30,31). The molecule has 3 atom stereocenters. The van der Waals surface area contributed by atoms with Crippen LogP contribution in [0, 0.1) is 17.8 Å². The Labute approximate surface area is 195 Å². The highest BCUT2D eigenvalue weighted by Gasteiger charge is 2.38. The summed E-state index contributed by atoms with van der Waals surface area (Å²) in [6.07, 6.45) is 9.46. The van der Waals surface area contributed by atoms with E-state index in [1.165, 1.54) is 0 Å². The van der Waals surface area contributed by atoms with Gasteiger partial charge < -0.3 is 24.8 Å². The van der Waals surface area contributed by atoms with Gasteiger partial charge in [0, 0.05) is 32.3 Å². The molecule has 2 aliphatic carbocycles. The Kier molecular flexibility index (Phi) is 9.33. The smallest absolute Gasteiger partial charge is 0.345 e. The fourth-order valence-electron chi connectivity index (χ4n) is 6.30. The summed E-state index contributed by atoms with van der Waals surface area (Å²) < 4.78 is 35.6. The summed E-state index contributed by atoms with van der Waals surface area (Å²) in [5.41, 5.74) is 0. The summed E-state index contributed by atoms with van der Waals surface area (Å²) in [5, 5.41) is 16.5. The summed E-state index contributed by atoms with van der Waals surface area (Å²) in [4.78, 5) is 13.1. The summed E-state index contributed by atoms with van der Waals surface area (Å²) in [6, 6.07) is 0.524. The van der Waals surface area contributed by atoms with Crippen molar-refractivity contribution < 1.29 is 28.2 Å². The molecule has 4 aliphatic rings. The highest BCUT2D eigenvalue weighted by molar-refractivity contribution is 5.66. The zero-order valence-electron chi connectivity index (χ0n) is 19.6. The van der Waals surface area contributed by atoms with Crippen molar-refractivity contribution in [2.24, 2.45) is 17.8 Å². The number of nitrogens with one attached hydrogen (secondary N) is 2. The molecule has 4 rings (SSSR count). The van der Waals surface area contributed by atoms with Gasteiger partial charge in [-0.1, -0.05) is 0 Å². The summed E-state index contributed by atoms with van der Waals surface area (Å²) in [6.45, 7) is 1.69. The van der Waals surface area contributed by atoms with Gasteiger partial charge in [-0.05, 0) is 82.1 Å². The minimum atomic E-state index is -2.66. The van der Waals surface area contributed by atoms with Crippen LogP contribution in [-0.2, 0) is 14.3 Å². The van der Waals surface area contributed by atoms with Gasteiger partial charge in [-0.15, -0.1) is 0 Å². The summed E-state index contributed by atoms with van der Waals surface area (Å²) in [5.74, 6) is 0.922. The Balaban J connectivity index is 1.11. The summed E-state index contributed by atoms with van der Waals surface area (Å²) in [7, 11) is 0. The van der Waals surface area contributed by atoms with E-state index >= 15 is 0 Å². The third-order valence-corrected chi connectivity index (χ3v) is 8.30. The lowest BCUT2D eigenvalue weighted by molar-refractivity contribution is -0.172. The number of hydrogen-bond acceptors (Lipinski definition) is 6. The number of piperidine rings is 1. The van der Waals surface area contributed by atoms with Crippen LogP contribution in [0.1, 0.15) is 64.2 Å². The molecule has 9 heteroatoms. The van der Waals surface area contributed by atoms with Crippen molar-refractivity contribution in [3.05, 3.63) is 0 Å². The molecule has 3 N–H and O–H groups in total. The zero-order valence-corrected chi connectivity index (χ0v) is 19.6. The number of hydrogen-bond donors (Lipinski definition) is 3. The first kappa shape index (κ1) is 25.2. The van der Waals surface area contributed by atoms with Gasteiger partial charge in [-0.25, -0.2) is 0 Å². The molecular weight excluding hydrogens is 432 g/mol. The molecule has 0 radical (unpaired) electrons. The fraction of sp³-hybridized carbons (Fsp3) is 0.958. The van der Waals surface area contributed by atoms with Gasteiger partial charge in [-0.3, -0.25) is 10.1 Å². The number of rotatable bonds is 9. The van der Waals surface area contributed by atoms with E-state index in [0.717, 1.165) is 71.2 Å². The van der Waals surface area contributed by atoms with Gasteiger partial charge in [0.2, 0.25) is 0 Å². The maximum absolute atomic E-state index is 12.3. The van der Waals surface area contributed by atoms with Crippen LogP contribution in [0.3, 0.4) is 0 Å². The van der Waals surface area contributed by atoms with Gasteiger partial charge in [0.05, 0.1) is 24.8 Å². The van der Waals surface area contributed by atoms with E-state index < -0.39 is 12.6 Å². The second-order valence-electron chi connectivity index (χ2n) is 10.6. The molecule has 3 unspecified atom stereocenters. The fourth-order valence-corrected chi connectivity index (χ4v) is 6.30. The molecule has 0 spiro atoms. The predicted molar refractivity (Wildman–Crippen MR) is 120 cm³/mol. The Morgan fingerprint density at radius 2 is 1.73 bits per heavy atom. The van der Waals surface area contributed by atoms with E-state index in [1.807, 2.05) is 0 Å². The van der Waals surface area contributed by atoms with Gasteiger partial charge >= 0.3 is 12.6 Å². The minimum Gasteiger partial charge on any atom is -0.481 e. The molecule has 0 aromatic carbocycles. The van der Waals surface area contributed by atoms with Crippen LogP contribution in [0.25, 0.3) is 0 Å². The number of ether oxygens (including phenoxy) is 2. The third-order valence-electron chi connectivity index (χ3n) is 8.30. The first-order chi connectivity index (χ1) is 16.0. The number of likely N-dealkylation sites (tertiary alicyclic amines) is 1. The van der Waals surface area contributed by atoms with E-state index in [9.17, 15) is 13.6 Å². The van der Waals surface area contributed by atoms with Crippen molar-refractivity contribution in [2.75, 3.05) is 32.8 Å². The van der Waals surface area contributed by atoms with E-state index in [2.05, 4.69) is 20.3 Å². The molecule has 33 heavy (non-hydrogen) atoms. The molecule has 2 saturated carbocycles. The van der Waals surface area contributed by atoms with Gasteiger partial charge in [0.15, 0.2) is 0 Å². The molecule has 0 aromatic heterocycles. The molecule has 7 nitrogen and oxygen atoms in total. The lowest BCUT2D eigenvalue weighted by Gasteiger charge is -2.47. The average Bonchev–Trinajstić information content (AvgIpc) is 2.82. The molecule has 4 fully saturated rings. The van der Waals surface area contributed by atoms with Crippen molar-refractivity contribution in [1.82, 2.24) is 15.5 Å². The topological polar surface area (TPSA) is 83.1 Å². The van der Waals surface area contributed by atoms with Crippen LogP contribution in [0.4, 0.5) is 8.78 Å². The number of alkyl halides is 2. The Hall–Kier alpha value is -0.870. The second kappa shape index (κ2) is 12.2. The SMILES string of the molecule is O=C(O)CCN1CCC2NC(C3CCC(OCC4CCC(OC(F)F)CC4)CC3)NCC2C1. The lowest BCUT2D eigenvalue weighted by atomic mass is 9.82. The number of fused-ring (bicyclic) bond motifs is 1. The molecule has 0 bridgehead atoms. The second-order valence-corrected chi connectivity index (χ2v) is 10.6. The number of carboxylic acid groups (broad SMARTS) is 1. The largest absolute Gasteiger partial charge is 0.481 e. The first-order valence-electron chi connectivity index (χ1n) is 12.9. The molecule has 2 saturated heterocycles. The van der Waals surface area contributed by atoms with Crippen molar-refractivity contribution in [3.63, 3.8) is 0 Å². The minimum absolute atomic E-state index is 0.223. The van der Waals surface area contributed by atoms with E-state index in [0.29, 0.717) is 55.5 Å². The Morgan fingerprint density at radius 3 is 2.42 bits per heavy atom. The predicted octanol–water partition coefficient (Wildman–Crippen LogP) is 3.04. The zero-order chi connectivity index (χ0) is 23.2. The van der Waals surface area contributed by atoms with Crippen LogP contribution in [0.15, 0.2) is 0 Å². The van der Waals surface area contributed by atoms with Gasteiger partial charge in [0.25, 0.3) is 0 Å². The maximum Gasteiger partial charge on any atom is 0.345 e.